The van der Waals surface area contributed by atoms with Crippen LogP contribution >= 0.6 is 27.3 Å². The van der Waals surface area contributed by atoms with E-state index >= 15 is 0 Å². The van der Waals surface area contributed by atoms with E-state index in [1.54, 1.807) is 11.4 Å². The highest BCUT2D eigenvalue weighted by Gasteiger charge is 2.14. The molecule has 1 amide bonds. The summed E-state index contributed by atoms with van der Waals surface area (Å²) < 4.78 is 19.1. The van der Waals surface area contributed by atoms with Crippen molar-refractivity contribution in [3.63, 3.8) is 0 Å². The third-order valence-electron chi connectivity index (χ3n) is 2.40. The molecular formula is C13H9BrFNO4S. The Labute approximate surface area is 131 Å². The summed E-state index contributed by atoms with van der Waals surface area (Å²) in [6, 6.07) is 5.57. The lowest BCUT2D eigenvalue weighted by atomic mass is 10.3. The second kappa shape index (κ2) is 6.68. The van der Waals surface area contributed by atoms with Crippen LogP contribution in [0, 0.1) is 5.82 Å². The van der Waals surface area contributed by atoms with Crippen molar-refractivity contribution in [3.8, 4) is 5.75 Å². The van der Waals surface area contributed by atoms with Gasteiger partial charge in [0.2, 0.25) is 0 Å². The molecule has 0 saturated heterocycles. The molecule has 0 bridgehead atoms. The summed E-state index contributed by atoms with van der Waals surface area (Å²) in [6.07, 6.45) is 0. The lowest BCUT2D eigenvalue weighted by Crippen LogP contribution is -2.21. The Hall–Kier alpha value is -1.93. The number of nitrogens with one attached hydrogen (secondary N) is 1. The monoisotopic (exact) mass is 373 g/mol. The van der Waals surface area contributed by atoms with Crippen LogP contribution in [0.1, 0.15) is 10.4 Å². The van der Waals surface area contributed by atoms with Gasteiger partial charge in [0, 0.05) is 4.47 Å². The van der Waals surface area contributed by atoms with E-state index < -0.39 is 24.3 Å². The predicted molar refractivity (Wildman–Crippen MR) is 79.5 cm³/mol. The molecule has 0 spiro atoms. The Kier molecular flexibility index (Phi) is 4.92. The van der Waals surface area contributed by atoms with E-state index in [9.17, 15) is 14.0 Å². The second-order valence-corrected chi connectivity index (χ2v) is 5.71. The molecule has 2 N–H and O–H groups in total. The molecule has 1 aromatic heterocycles. The second-order valence-electron chi connectivity index (χ2n) is 3.88. The fraction of sp³-hybridized carbons (Fsp3) is 0.0769. The average molecular weight is 374 g/mol. The third kappa shape index (κ3) is 4.02. The Bertz CT molecular complexity index is 689. The van der Waals surface area contributed by atoms with Crippen LogP contribution in [0.2, 0.25) is 0 Å². The Balaban J connectivity index is 1.96. The normalized spacial score (nSPS) is 10.2. The highest BCUT2D eigenvalue weighted by Crippen LogP contribution is 2.24. The Morgan fingerprint density at radius 1 is 1.38 bits per heavy atom. The SMILES string of the molecule is O=C(COc1ccc(Br)cc1F)Nc1sccc1C(=O)O. The number of ether oxygens (including phenoxy) is 1. The van der Waals surface area contributed by atoms with E-state index in [2.05, 4.69) is 21.2 Å². The van der Waals surface area contributed by atoms with E-state index in [-0.39, 0.29) is 16.3 Å². The number of carbonyl (C=O) groups excluding carboxylic acids is 1. The third-order valence-corrected chi connectivity index (χ3v) is 3.72. The summed E-state index contributed by atoms with van der Waals surface area (Å²) >= 11 is 4.19. The van der Waals surface area contributed by atoms with Crippen LogP contribution in [0.3, 0.4) is 0 Å². The molecule has 1 heterocycles. The van der Waals surface area contributed by atoms with Gasteiger partial charge >= 0.3 is 5.97 Å². The fourth-order valence-corrected chi connectivity index (χ4v) is 2.60. The van der Waals surface area contributed by atoms with Crippen LogP contribution in [-0.2, 0) is 4.79 Å². The molecule has 1 aromatic carbocycles. The number of anilines is 1. The van der Waals surface area contributed by atoms with Crippen LogP contribution in [0.4, 0.5) is 9.39 Å². The van der Waals surface area contributed by atoms with Gasteiger partial charge in [0.1, 0.15) is 5.00 Å². The molecule has 2 aromatic rings. The van der Waals surface area contributed by atoms with Gasteiger partial charge in [-0.25, -0.2) is 9.18 Å². The first-order chi connectivity index (χ1) is 9.97. The van der Waals surface area contributed by atoms with Gasteiger partial charge in [-0.2, -0.15) is 0 Å². The summed E-state index contributed by atoms with van der Waals surface area (Å²) in [7, 11) is 0. The minimum atomic E-state index is -1.13. The quantitative estimate of drug-likeness (QED) is 0.842. The van der Waals surface area contributed by atoms with Gasteiger partial charge in [-0.15, -0.1) is 11.3 Å². The zero-order chi connectivity index (χ0) is 15.4. The smallest absolute Gasteiger partial charge is 0.338 e. The summed E-state index contributed by atoms with van der Waals surface area (Å²) in [6.45, 7) is -0.421. The Morgan fingerprint density at radius 3 is 2.81 bits per heavy atom. The van der Waals surface area contributed by atoms with Gasteiger partial charge in [0.05, 0.1) is 5.56 Å². The highest BCUT2D eigenvalue weighted by molar-refractivity contribution is 9.10. The number of carboxylic acid groups (broad SMARTS) is 1. The molecule has 21 heavy (non-hydrogen) atoms. The number of aromatic carboxylic acids is 1. The number of carboxylic acids is 1. The summed E-state index contributed by atoms with van der Waals surface area (Å²) in [5.41, 5.74) is 0.00294. The van der Waals surface area contributed by atoms with E-state index in [0.29, 0.717) is 4.47 Å². The van der Waals surface area contributed by atoms with E-state index in [1.807, 2.05) is 0 Å². The van der Waals surface area contributed by atoms with Gasteiger partial charge in [-0.1, -0.05) is 15.9 Å². The van der Waals surface area contributed by atoms with Crippen molar-refractivity contribution in [1.82, 2.24) is 0 Å². The lowest BCUT2D eigenvalue weighted by Gasteiger charge is -2.08. The predicted octanol–water partition coefficient (Wildman–Crippen LogP) is 3.37. The molecular weight excluding hydrogens is 365 g/mol. The zero-order valence-electron chi connectivity index (χ0n) is 10.4. The highest BCUT2D eigenvalue weighted by atomic mass is 79.9. The number of carbonyl (C=O) groups is 2. The molecule has 0 aliphatic heterocycles. The maximum absolute atomic E-state index is 13.5. The molecule has 0 unspecified atom stereocenters. The maximum atomic E-state index is 13.5. The number of rotatable bonds is 5. The largest absolute Gasteiger partial charge is 0.481 e. The Morgan fingerprint density at radius 2 is 2.14 bits per heavy atom. The molecule has 0 fully saturated rings. The van der Waals surface area contributed by atoms with E-state index in [4.69, 9.17) is 9.84 Å². The van der Waals surface area contributed by atoms with Gasteiger partial charge < -0.3 is 15.2 Å². The van der Waals surface area contributed by atoms with Crippen molar-refractivity contribution in [1.29, 1.82) is 0 Å². The first kappa shape index (κ1) is 15.5. The van der Waals surface area contributed by atoms with Crippen LogP contribution in [0.25, 0.3) is 0 Å². The van der Waals surface area contributed by atoms with Gasteiger partial charge in [0.15, 0.2) is 18.2 Å². The fourth-order valence-electron chi connectivity index (χ4n) is 1.47. The van der Waals surface area contributed by atoms with Crippen LogP contribution in [0.5, 0.6) is 5.75 Å². The number of thiophene rings is 1. The molecule has 8 heteroatoms. The van der Waals surface area contributed by atoms with Crippen molar-refractivity contribution >= 4 is 44.1 Å². The number of hydrogen-bond acceptors (Lipinski definition) is 4. The number of hydrogen-bond donors (Lipinski definition) is 2. The molecule has 5 nitrogen and oxygen atoms in total. The molecule has 2 rings (SSSR count). The maximum Gasteiger partial charge on any atom is 0.338 e. The summed E-state index contributed by atoms with van der Waals surface area (Å²) in [4.78, 5) is 22.6. The molecule has 0 atom stereocenters. The molecule has 0 radical (unpaired) electrons. The van der Waals surface area contributed by atoms with Crippen molar-refractivity contribution in [3.05, 3.63) is 45.5 Å². The van der Waals surface area contributed by atoms with Crippen LogP contribution in [0.15, 0.2) is 34.1 Å². The van der Waals surface area contributed by atoms with Crippen molar-refractivity contribution < 1.29 is 23.8 Å². The van der Waals surface area contributed by atoms with Gasteiger partial charge in [-0.3, -0.25) is 4.79 Å². The number of amides is 1. The van der Waals surface area contributed by atoms with Crippen molar-refractivity contribution in [2.45, 2.75) is 0 Å². The van der Waals surface area contributed by atoms with Crippen molar-refractivity contribution in [2.24, 2.45) is 0 Å². The van der Waals surface area contributed by atoms with E-state index in [1.165, 1.54) is 18.2 Å². The first-order valence-electron chi connectivity index (χ1n) is 5.66. The first-order valence-corrected chi connectivity index (χ1v) is 7.33. The molecule has 110 valence electrons. The van der Waals surface area contributed by atoms with Crippen molar-refractivity contribution in [2.75, 3.05) is 11.9 Å². The topological polar surface area (TPSA) is 75.6 Å². The lowest BCUT2D eigenvalue weighted by molar-refractivity contribution is -0.118. The molecule has 0 aliphatic carbocycles. The van der Waals surface area contributed by atoms with Gasteiger partial charge in [0.25, 0.3) is 5.91 Å². The van der Waals surface area contributed by atoms with Crippen LogP contribution < -0.4 is 10.1 Å². The summed E-state index contributed by atoms with van der Waals surface area (Å²) in [5, 5.41) is 13.1. The molecule has 0 saturated carbocycles. The summed E-state index contributed by atoms with van der Waals surface area (Å²) in [5.74, 6) is -2.36. The minimum absolute atomic E-state index is 0.00294. The zero-order valence-corrected chi connectivity index (χ0v) is 12.8. The number of halogens is 2. The number of benzene rings is 1. The minimum Gasteiger partial charge on any atom is -0.481 e. The standard InChI is InChI=1S/C13H9BrFNO4S/c14-7-1-2-10(9(15)5-7)20-6-11(17)16-12-8(13(18)19)3-4-21-12/h1-5H,6H2,(H,16,17)(H,18,19). The van der Waals surface area contributed by atoms with Gasteiger partial charge in [-0.05, 0) is 29.6 Å². The van der Waals surface area contributed by atoms with Crippen LogP contribution in [-0.4, -0.2) is 23.6 Å². The van der Waals surface area contributed by atoms with E-state index in [0.717, 1.165) is 11.3 Å². The molecule has 0 aliphatic rings. The average Bonchev–Trinajstić information content (AvgIpc) is 2.86.